The van der Waals surface area contributed by atoms with E-state index >= 15 is 0 Å². The lowest BCUT2D eigenvalue weighted by Crippen LogP contribution is -2.37. The van der Waals surface area contributed by atoms with Crippen molar-refractivity contribution in [3.8, 4) is 17.2 Å². The molecule has 1 heterocycles. The quantitative estimate of drug-likeness (QED) is 0.656. The third-order valence-electron chi connectivity index (χ3n) is 5.72. The highest BCUT2D eigenvalue weighted by Crippen LogP contribution is 2.25. The summed E-state index contributed by atoms with van der Waals surface area (Å²) < 4.78 is 0. The van der Waals surface area contributed by atoms with Crippen molar-refractivity contribution in [2.75, 3.05) is 18.4 Å². The van der Waals surface area contributed by atoms with Crippen LogP contribution in [-0.4, -0.2) is 23.9 Å². The average Bonchev–Trinajstić information content (AvgIpc) is 2.81. The van der Waals surface area contributed by atoms with Gasteiger partial charge in [0.1, 0.15) is 0 Å². The third-order valence-corrected chi connectivity index (χ3v) is 5.72. The van der Waals surface area contributed by atoms with Crippen LogP contribution in [-0.2, 0) is 11.3 Å². The lowest BCUT2D eigenvalue weighted by Gasteiger charge is -2.31. The van der Waals surface area contributed by atoms with E-state index in [4.69, 9.17) is 0 Å². The van der Waals surface area contributed by atoms with E-state index in [1.165, 1.54) is 5.56 Å². The minimum atomic E-state index is 0.0753. The molecule has 1 fully saturated rings. The average molecular weight is 396 g/mol. The number of benzene rings is 3. The number of likely N-dealkylation sites (tertiary alicyclic amines) is 1. The van der Waals surface area contributed by atoms with Gasteiger partial charge in [0.05, 0.1) is 11.6 Å². The van der Waals surface area contributed by atoms with Gasteiger partial charge in [-0.3, -0.25) is 9.69 Å². The summed E-state index contributed by atoms with van der Waals surface area (Å²) in [5.74, 6) is 0.202. The highest BCUT2D eigenvalue weighted by atomic mass is 16.1. The summed E-state index contributed by atoms with van der Waals surface area (Å²) in [5.41, 5.74) is 4.84. The minimum Gasteiger partial charge on any atom is -0.326 e. The van der Waals surface area contributed by atoms with Crippen LogP contribution in [0.15, 0.2) is 78.9 Å². The summed E-state index contributed by atoms with van der Waals surface area (Å²) in [7, 11) is 0. The molecule has 0 spiro atoms. The molecule has 4 heteroatoms. The summed E-state index contributed by atoms with van der Waals surface area (Å²) in [5, 5.41) is 12.3. The molecule has 1 aliphatic rings. The molecule has 1 aliphatic heterocycles. The number of anilines is 1. The second kappa shape index (κ2) is 9.39. The Bertz CT molecular complexity index is 1030. The zero-order chi connectivity index (χ0) is 20.8. The van der Waals surface area contributed by atoms with E-state index in [9.17, 15) is 10.1 Å². The fraction of sp³-hybridized carbons (Fsp3) is 0.231. The van der Waals surface area contributed by atoms with E-state index in [1.54, 1.807) is 0 Å². The second-order valence-electron chi connectivity index (χ2n) is 7.76. The van der Waals surface area contributed by atoms with Crippen molar-refractivity contribution in [3.05, 3.63) is 90.0 Å². The molecule has 0 radical (unpaired) electrons. The first kappa shape index (κ1) is 19.9. The molecule has 3 aromatic rings. The minimum absolute atomic E-state index is 0.0753. The smallest absolute Gasteiger partial charge is 0.227 e. The molecule has 3 aromatic carbocycles. The molecule has 30 heavy (non-hydrogen) atoms. The first-order valence-corrected chi connectivity index (χ1v) is 10.4. The third kappa shape index (κ3) is 4.76. The molecule has 4 nitrogen and oxygen atoms in total. The highest BCUT2D eigenvalue weighted by Gasteiger charge is 2.25. The lowest BCUT2D eigenvalue weighted by molar-refractivity contribution is -0.121. The van der Waals surface area contributed by atoms with Crippen molar-refractivity contribution >= 4 is 11.6 Å². The first-order chi connectivity index (χ1) is 14.7. The van der Waals surface area contributed by atoms with Crippen molar-refractivity contribution in [1.29, 1.82) is 5.26 Å². The van der Waals surface area contributed by atoms with E-state index in [0.717, 1.165) is 49.3 Å². The van der Waals surface area contributed by atoms with Gasteiger partial charge < -0.3 is 5.32 Å². The fourth-order valence-corrected chi connectivity index (χ4v) is 4.00. The van der Waals surface area contributed by atoms with Crippen molar-refractivity contribution in [2.24, 2.45) is 5.92 Å². The molecule has 0 saturated carbocycles. The Balaban J connectivity index is 1.31. The Morgan fingerprint density at radius 2 is 1.60 bits per heavy atom. The van der Waals surface area contributed by atoms with Crippen LogP contribution in [0.2, 0.25) is 0 Å². The number of carbonyl (C=O) groups is 1. The molecule has 0 atom stereocenters. The fourth-order valence-electron chi connectivity index (χ4n) is 4.00. The molecule has 0 aliphatic carbocycles. The summed E-state index contributed by atoms with van der Waals surface area (Å²) in [6.07, 6.45) is 1.76. The molecule has 150 valence electrons. The largest absolute Gasteiger partial charge is 0.326 e. The molecular weight excluding hydrogens is 370 g/mol. The van der Waals surface area contributed by atoms with Gasteiger partial charge in [-0.15, -0.1) is 0 Å². The number of piperidine rings is 1. The van der Waals surface area contributed by atoms with Gasteiger partial charge in [0.25, 0.3) is 0 Å². The van der Waals surface area contributed by atoms with Gasteiger partial charge in [0, 0.05) is 18.2 Å². The topological polar surface area (TPSA) is 56.1 Å². The zero-order valence-electron chi connectivity index (χ0n) is 16.9. The van der Waals surface area contributed by atoms with Gasteiger partial charge in [-0.05, 0) is 60.8 Å². The monoisotopic (exact) mass is 395 g/mol. The predicted octanol–water partition coefficient (Wildman–Crippen LogP) is 5.08. The van der Waals surface area contributed by atoms with Gasteiger partial charge in [0.2, 0.25) is 5.91 Å². The van der Waals surface area contributed by atoms with Crippen LogP contribution in [0.5, 0.6) is 0 Å². The molecule has 0 bridgehead atoms. The molecule has 1 amide bonds. The second-order valence-corrected chi connectivity index (χ2v) is 7.76. The van der Waals surface area contributed by atoms with Crippen LogP contribution in [0.1, 0.15) is 24.0 Å². The van der Waals surface area contributed by atoms with E-state index < -0.39 is 0 Å². The lowest BCUT2D eigenvalue weighted by atomic mass is 9.95. The predicted molar refractivity (Wildman–Crippen MR) is 120 cm³/mol. The maximum absolute atomic E-state index is 12.5. The highest BCUT2D eigenvalue weighted by molar-refractivity contribution is 5.92. The van der Waals surface area contributed by atoms with Crippen LogP contribution in [0.3, 0.4) is 0 Å². The van der Waals surface area contributed by atoms with E-state index in [-0.39, 0.29) is 11.8 Å². The summed E-state index contributed by atoms with van der Waals surface area (Å²) >= 11 is 0. The Hall–Kier alpha value is -3.42. The number of amides is 1. The Morgan fingerprint density at radius 1 is 0.933 bits per heavy atom. The Labute approximate surface area is 177 Å². The zero-order valence-corrected chi connectivity index (χ0v) is 16.9. The van der Waals surface area contributed by atoms with Crippen LogP contribution in [0, 0.1) is 17.2 Å². The molecule has 1 N–H and O–H groups in total. The number of hydrogen-bond acceptors (Lipinski definition) is 3. The van der Waals surface area contributed by atoms with Crippen LogP contribution in [0.25, 0.3) is 11.1 Å². The molecule has 0 unspecified atom stereocenters. The molecule has 1 saturated heterocycles. The van der Waals surface area contributed by atoms with E-state index in [1.807, 2.05) is 54.6 Å². The number of hydrogen-bond donors (Lipinski definition) is 1. The number of para-hydroxylation sites is 1. The number of nitrogens with zero attached hydrogens (tertiary/aromatic N) is 2. The molecular formula is C26H25N3O. The van der Waals surface area contributed by atoms with Gasteiger partial charge in [-0.25, -0.2) is 0 Å². The summed E-state index contributed by atoms with van der Waals surface area (Å²) in [6.45, 7) is 2.73. The summed E-state index contributed by atoms with van der Waals surface area (Å²) in [4.78, 5) is 14.9. The Kier molecular flexibility index (Phi) is 6.22. The van der Waals surface area contributed by atoms with Crippen molar-refractivity contribution in [1.82, 2.24) is 4.90 Å². The number of nitrogens with one attached hydrogen (secondary N) is 1. The van der Waals surface area contributed by atoms with Crippen molar-refractivity contribution in [2.45, 2.75) is 19.4 Å². The number of carbonyl (C=O) groups excluding carboxylic acids is 1. The first-order valence-electron chi connectivity index (χ1n) is 10.4. The number of rotatable bonds is 5. The van der Waals surface area contributed by atoms with Crippen LogP contribution >= 0.6 is 0 Å². The van der Waals surface area contributed by atoms with Crippen molar-refractivity contribution in [3.63, 3.8) is 0 Å². The number of nitriles is 1. The van der Waals surface area contributed by atoms with Gasteiger partial charge >= 0.3 is 0 Å². The SMILES string of the molecule is N#Cc1ccccc1-c1ccc(CN2CCC(C(=O)Nc3ccccc3)CC2)cc1. The Morgan fingerprint density at radius 3 is 2.30 bits per heavy atom. The molecule has 0 aromatic heterocycles. The van der Waals surface area contributed by atoms with Crippen molar-refractivity contribution < 1.29 is 4.79 Å². The van der Waals surface area contributed by atoms with E-state index in [0.29, 0.717) is 5.56 Å². The summed E-state index contributed by atoms with van der Waals surface area (Å²) in [6, 6.07) is 28.1. The maximum Gasteiger partial charge on any atom is 0.227 e. The maximum atomic E-state index is 12.5. The van der Waals surface area contributed by atoms with Gasteiger partial charge in [-0.1, -0.05) is 60.7 Å². The van der Waals surface area contributed by atoms with Gasteiger partial charge in [0.15, 0.2) is 0 Å². The van der Waals surface area contributed by atoms with Gasteiger partial charge in [-0.2, -0.15) is 5.26 Å². The van der Waals surface area contributed by atoms with Crippen LogP contribution < -0.4 is 5.32 Å². The van der Waals surface area contributed by atoms with Crippen LogP contribution in [0.4, 0.5) is 5.69 Å². The standard InChI is InChI=1S/C26H25N3O/c27-18-23-6-4-5-9-25(23)21-12-10-20(11-13-21)19-29-16-14-22(15-17-29)26(30)28-24-7-2-1-3-8-24/h1-13,22H,14-17,19H2,(H,28,30). The molecule has 4 rings (SSSR count). The normalized spacial score (nSPS) is 14.8. The van der Waals surface area contributed by atoms with E-state index in [2.05, 4.69) is 40.6 Å².